The van der Waals surface area contributed by atoms with Gasteiger partial charge in [0.05, 0.1) is 30.8 Å². The fourth-order valence-corrected chi connectivity index (χ4v) is 5.00. The standard InChI is InChI=1S/C24H27FN4O5S/c1-13(2)33-24(31)29-9-5-6-16(11-29)34-18-10-15(25)7-8-17(18)28-21-19-14(3)20(23(30)32-4)35-22(19)27-12-26-21/h7-8,10,12-13,16H,5-6,9,11H2,1-4H3,(H,26,27,28). The molecule has 3 heterocycles. The Bertz CT molecular complexity index is 1250. The van der Waals surface area contributed by atoms with Crippen LogP contribution in [0.4, 0.5) is 20.7 Å². The predicted octanol–water partition coefficient (Wildman–Crippen LogP) is 5.06. The number of thiophene rings is 1. The van der Waals surface area contributed by atoms with Crippen molar-refractivity contribution in [3.05, 3.63) is 40.8 Å². The van der Waals surface area contributed by atoms with Gasteiger partial charge in [-0.2, -0.15) is 0 Å². The number of anilines is 2. The van der Waals surface area contributed by atoms with Crippen LogP contribution in [0.1, 0.15) is 41.9 Å². The number of ether oxygens (including phenoxy) is 3. The van der Waals surface area contributed by atoms with Crippen molar-refractivity contribution in [3.63, 3.8) is 0 Å². The number of benzene rings is 1. The van der Waals surface area contributed by atoms with Crippen molar-refractivity contribution < 1.29 is 28.2 Å². The van der Waals surface area contributed by atoms with Crippen molar-refractivity contribution in [3.8, 4) is 5.75 Å². The van der Waals surface area contributed by atoms with Crippen LogP contribution in [-0.2, 0) is 9.47 Å². The molecule has 35 heavy (non-hydrogen) atoms. The first-order valence-corrected chi connectivity index (χ1v) is 12.1. The van der Waals surface area contributed by atoms with Gasteiger partial charge in [-0.05, 0) is 51.3 Å². The van der Waals surface area contributed by atoms with E-state index in [4.69, 9.17) is 14.2 Å². The van der Waals surface area contributed by atoms with E-state index in [0.29, 0.717) is 57.4 Å². The van der Waals surface area contributed by atoms with E-state index in [9.17, 15) is 14.0 Å². The Balaban J connectivity index is 1.59. The quantitative estimate of drug-likeness (QED) is 0.467. The summed E-state index contributed by atoms with van der Waals surface area (Å²) in [4.78, 5) is 35.8. The molecule has 0 spiro atoms. The fraction of sp³-hybridized carbons (Fsp3) is 0.417. The van der Waals surface area contributed by atoms with Gasteiger partial charge in [0.2, 0.25) is 0 Å². The van der Waals surface area contributed by atoms with Gasteiger partial charge in [-0.3, -0.25) is 0 Å². The first-order valence-electron chi connectivity index (χ1n) is 11.3. The van der Waals surface area contributed by atoms with E-state index in [-0.39, 0.29) is 18.3 Å². The molecular formula is C24H27FN4O5S. The lowest BCUT2D eigenvalue weighted by Crippen LogP contribution is -2.45. The summed E-state index contributed by atoms with van der Waals surface area (Å²) in [5.74, 6) is -0.145. The van der Waals surface area contributed by atoms with Gasteiger partial charge < -0.3 is 24.4 Å². The summed E-state index contributed by atoms with van der Waals surface area (Å²) >= 11 is 1.22. The second-order valence-corrected chi connectivity index (χ2v) is 9.48. The molecule has 11 heteroatoms. The summed E-state index contributed by atoms with van der Waals surface area (Å²) in [6.07, 6.45) is 1.92. The minimum Gasteiger partial charge on any atom is -0.486 e. The number of nitrogens with one attached hydrogen (secondary N) is 1. The number of carbonyl (C=O) groups excluding carboxylic acids is 2. The second kappa shape index (κ2) is 10.4. The molecule has 1 fully saturated rings. The maximum absolute atomic E-state index is 14.2. The molecule has 1 amide bonds. The summed E-state index contributed by atoms with van der Waals surface area (Å²) < 4.78 is 30.5. The van der Waals surface area contributed by atoms with E-state index in [0.717, 1.165) is 6.42 Å². The van der Waals surface area contributed by atoms with Crippen molar-refractivity contribution in [2.24, 2.45) is 0 Å². The molecule has 1 unspecified atom stereocenters. The van der Waals surface area contributed by atoms with Gasteiger partial charge in [-0.25, -0.2) is 23.9 Å². The lowest BCUT2D eigenvalue weighted by atomic mass is 10.1. The molecule has 1 N–H and O–H groups in total. The number of amides is 1. The number of halogens is 1. The number of aryl methyl sites for hydroxylation is 1. The zero-order valence-electron chi connectivity index (χ0n) is 20.0. The third kappa shape index (κ3) is 5.45. The van der Waals surface area contributed by atoms with Crippen LogP contribution < -0.4 is 10.1 Å². The molecule has 0 radical (unpaired) electrons. The highest BCUT2D eigenvalue weighted by molar-refractivity contribution is 7.20. The first-order chi connectivity index (χ1) is 16.8. The third-order valence-electron chi connectivity index (χ3n) is 5.56. The van der Waals surface area contributed by atoms with E-state index in [1.54, 1.807) is 31.7 Å². The highest BCUT2D eigenvalue weighted by Gasteiger charge is 2.27. The summed E-state index contributed by atoms with van der Waals surface area (Å²) in [5, 5.41) is 3.88. The van der Waals surface area contributed by atoms with E-state index < -0.39 is 11.8 Å². The number of esters is 1. The number of carbonyl (C=O) groups is 2. The van der Waals surface area contributed by atoms with E-state index >= 15 is 0 Å². The number of nitrogens with zero attached hydrogens (tertiary/aromatic N) is 3. The summed E-state index contributed by atoms with van der Waals surface area (Å²) in [7, 11) is 1.33. The minimum atomic E-state index is -0.454. The molecular weight excluding hydrogens is 475 g/mol. The predicted molar refractivity (Wildman–Crippen MR) is 130 cm³/mol. The molecule has 1 aliphatic rings. The molecule has 0 saturated carbocycles. The van der Waals surface area contributed by atoms with Crippen LogP contribution in [0.15, 0.2) is 24.5 Å². The third-order valence-corrected chi connectivity index (χ3v) is 6.74. The van der Waals surface area contributed by atoms with Crippen LogP contribution in [0.3, 0.4) is 0 Å². The van der Waals surface area contributed by atoms with Crippen LogP contribution in [0.5, 0.6) is 5.75 Å². The minimum absolute atomic E-state index is 0.215. The van der Waals surface area contributed by atoms with Crippen molar-refractivity contribution in [2.45, 2.75) is 45.8 Å². The van der Waals surface area contributed by atoms with Crippen LogP contribution in [0.25, 0.3) is 10.2 Å². The molecule has 0 aliphatic carbocycles. The van der Waals surface area contributed by atoms with Crippen LogP contribution in [-0.4, -0.2) is 59.3 Å². The van der Waals surface area contributed by atoms with Gasteiger partial charge in [0, 0.05) is 12.6 Å². The molecule has 9 nitrogen and oxygen atoms in total. The number of hydrogen-bond acceptors (Lipinski definition) is 9. The van der Waals surface area contributed by atoms with Crippen LogP contribution >= 0.6 is 11.3 Å². The SMILES string of the molecule is COC(=O)c1sc2ncnc(Nc3ccc(F)cc3OC3CCCN(C(=O)OC(C)C)C3)c2c1C. The van der Waals surface area contributed by atoms with Crippen molar-refractivity contribution in [1.29, 1.82) is 0 Å². The molecule has 0 bridgehead atoms. The molecule has 186 valence electrons. The van der Waals surface area contributed by atoms with Gasteiger partial charge in [0.1, 0.15) is 39.5 Å². The molecule has 4 rings (SSSR count). The smallest absolute Gasteiger partial charge is 0.410 e. The summed E-state index contributed by atoms with van der Waals surface area (Å²) in [6, 6.07) is 4.18. The largest absolute Gasteiger partial charge is 0.486 e. The zero-order valence-corrected chi connectivity index (χ0v) is 20.8. The van der Waals surface area contributed by atoms with Crippen molar-refractivity contribution >= 4 is 45.1 Å². The normalized spacial score (nSPS) is 15.8. The Morgan fingerprint density at radius 2 is 2.09 bits per heavy atom. The topological polar surface area (TPSA) is 103 Å². The number of aromatic nitrogens is 2. The Kier molecular flexibility index (Phi) is 7.34. The number of rotatable bonds is 6. The Morgan fingerprint density at radius 3 is 2.83 bits per heavy atom. The molecule has 2 aromatic heterocycles. The highest BCUT2D eigenvalue weighted by atomic mass is 32.1. The summed E-state index contributed by atoms with van der Waals surface area (Å²) in [6.45, 7) is 6.32. The van der Waals surface area contributed by atoms with E-state index in [2.05, 4.69) is 15.3 Å². The van der Waals surface area contributed by atoms with Crippen LogP contribution in [0, 0.1) is 12.7 Å². The molecule has 3 aromatic rings. The Morgan fingerprint density at radius 1 is 1.29 bits per heavy atom. The number of methoxy groups -OCH3 is 1. The van der Waals surface area contributed by atoms with Crippen molar-refractivity contribution in [2.75, 3.05) is 25.5 Å². The summed E-state index contributed by atoms with van der Waals surface area (Å²) in [5.41, 5.74) is 1.19. The van der Waals surface area contributed by atoms with Gasteiger partial charge in [-0.1, -0.05) is 0 Å². The number of piperidine rings is 1. The zero-order chi connectivity index (χ0) is 25.1. The maximum Gasteiger partial charge on any atom is 0.410 e. The second-order valence-electron chi connectivity index (χ2n) is 8.48. The molecule has 1 saturated heterocycles. The first kappa shape index (κ1) is 24.6. The Hall–Kier alpha value is -3.47. The van der Waals surface area contributed by atoms with Gasteiger partial charge >= 0.3 is 12.1 Å². The lowest BCUT2D eigenvalue weighted by Gasteiger charge is -2.33. The maximum atomic E-state index is 14.2. The number of likely N-dealkylation sites (tertiary alicyclic amines) is 1. The average molecular weight is 503 g/mol. The number of hydrogen-bond donors (Lipinski definition) is 1. The van der Waals surface area contributed by atoms with E-state index in [1.807, 2.05) is 0 Å². The molecule has 1 aliphatic heterocycles. The molecule has 1 aromatic carbocycles. The molecule has 1 atom stereocenters. The van der Waals surface area contributed by atoms with Gasteiger partial charge in [0.15, 0.2) is 0 Å². The van der Waals surface area contributed by atoms with Crippen LogP contribution in [0.2, 0.25) is 0 Å². The van der Waals surface area contributed by atoms with Crippen molar-refractivity contribution in [1.82, 2.24) is 14.9 Å². The average Bonchev–Trinajstić information content (AvgIpc) is 3.17. The van der Waals surface area contributed by atoms with E-state index in [1.165, 1.54) is 36.9 Å². The van der Waals surface area contributed by atoms with Gasteiger partial charge in [0.25, 0.3) is 0 Å². The lowest BCUT2D eigenvalue weighted by molar-refractivity contribution is 0.0441. The highest BCUT2D eigenvalue weighted by Crippen LogP contribution is 2.37. The monoisotopic (exact) mass is 502 g/mol. The fourth-order valence-electron chi connectivity index (χ4n) is 3.93. The van der Waals surface area contributed by atoms with Gasteiger partial charge in [-0.15, -0.1) is 11.3 Å². The Labute approximate surface area is 206 Å². The number of fused-ring (bicyclic) bond motifs is 1.